The average molecular weight is 242 g/mol. The minimum absolute atomic E-state index is 0.281. The number of ether oxygens (including phenoxy) is 1. The molecule has 0 radical (unpaired) electrons. The van der Waals surface area contributed by atoms with Gasteiger partial charge in [0.05, 0.1) is 12.9 Å². The second-order valence-corrected chi connectivity index (χ2v) is 5.27. The Bertz CT molecular complexity index is 358. The number of rotatable bonds is 6. The van der Waals surface area contributed by atoms with E-state index in [0.717, 1.165) is 5.56 Å². The van der Waals surface area contributed by atoms with E-state index in [9.17, 15) is 4.21 Å². The molecule has 4 nitrogen and oxygen atoms in total. The maximum Gasteiger partial charge on any atom is 0.217 e. The molecule has 0 aliphatic carbocycles. The summed E-state index contributed by atoms with van der Waals surface area (Å²) in [5.41, 5.74) is 6.38. The van der Waals surface area contributed by atoms with E-state index in [2.05, 4.69) is 4.98 Å². The van der Waals surface area contributed by atoms with Gasteiger partial charge in [-0.25, -0.2) is 4.98 Å². The van der Waals surface area contributed by atoms with E-state index in [4.69, 9.17) is 10.5 Å². The quantitative estimate of drug-likeness (QED) is 0.806. The first kappa shape index (κ1) is 13.1. The largest absolute Gasteiger partial charge is 0.481 e. The highest BCUT2D eigenvalue weighted by molar-refractivity contribution is 7.84. The Kier molecular flexibility index (Phi) is 5.42. The molecule has 0 bridgehead atoms. The number of aromatic nitrogens is 1. The highest BCUT2D eigenvalue weighted by atomic mass is 32.2. The van der Waals surface area contributed by atoms with Gasteiger partial charge >= 0.3 is 0 Å². The maximum atomic E-state index is 11.8. The van der Waals surface area contributed by atoms with Crippen molar-refractivity contribution in [2.45, 2.75) is 12.7 Å². The molecule has 0 saturated carbocycles. The highest BCUT2D eigenvalue weighted by Crippen LogP contribution is 2.16. The van der Waals surface area contributed by atoms with Crippen LogP contribution in [0.1, 0.15) is 12.5 Å². The zero-order valence-electron chi connectivity index (χ0n) is 9.68. The molecule has 2 atom stereocenters. The molecule has 1 aromatic rings. The monoisotopic (exact) mass is 242 g/mol. The normalized spacial score (nSPS) is 14.4. The lowest BCUT2D eigenvalue weighted by molar-refractivity contribution is 0.394. The summed E-state index contributed by atoms with van der Waals surface area (Å²) in [4.78, 5) is 4.07. The zero-order chi connectivity index (χ0) is 12.0. The molecule has 16 heavy (non-hydrogen) atoms. The Morgan fingerprint density at radius 3 is 3.00 bits per heavy atom. The van der Waals surface area contributed by atoms with E-state index in [-0.39, 0.29) is 5.92 Å². The molecule has 0 amide bonds. The molecule has 1 heterocycles. The first-order valence-electron chi connectivity index (χ1n) is 5.20. The molecule has 2 N–H and O–H groups in total. The van der Waals surface area contributed by atoms with Crippen molar-refractivity contribution in [3.8, 4) is 5.88 Å². The number of pyridine rings is 1. The van der Waals surface area contributed by atoms with E-state index >= 15 is 0 Å². The van der Waals surface area contributed by atoms with Crippen LogP contribution in [0.15, 0.2) is 18.3 Å². The minimum Gasteiger partial charge on any atom is -0.481 e. The second kappa shape index (κ2) is 6.60. The number of nitrogens with two attached hydrogens (primary N) is 1. The van der Waals surface area contributed by atoms with Crippen LogP contribution < -0.4 is 10.5 Å². The fourth-order valence-electron chi connectivity index (χ4n) is 1.34. The SMILES string of the molecule is COc1ncccc1CS(=O)CC(C)CN. The third-order valence-electron chi connectivity index (χ3n) is 2.23. The molecule has 0 aliphatic rings. The molecule has 0 aromatic carbocycles. The van der Waals surface area contributed by atoms with Gasteiger partial charge in [-0.2, -0.15) is 0 Å². The molecular weight excluding hydrogens is 224 g/mol. The second-order valence-electron chi connectivity index (χ2n) is 3.76. The summed E-state index contributed by atoms with van der Waals surface area (Å²) in [6.45, 7) is 2.56. The summed E-state index contributed by atoms with van der Waals surface area (Å²) in [5.74, 6) is 1.93. The van der Waals surface area contributed by atoms with Crippen molar-refractivity contribution in [2.75, 3.05) is 19.4 Å². The topological polar surface area (TPSA) is 65.2 Å². The summed E-state index contributed by atoms with van der Waals surface area (Å²) in [5, 5.41) is 0. The Balaban J connectivity index is 2.62. The van der Waals surface area contributed by atoms with Crippen LogP contribution in [-0.4, -0.2) is 28.6 Å². The lowest BCUT2D eigenvalue weighted by Gasteiger charge is -2.09. The van der Waals surface area contributed by atoms with E-state index in [1.165, 1.54) is 0 Å². The van der Waals surface area contributed by atoms with Gasteiger partial charge in [-0.05, 0) is 18.5 Å². The summed E-state index contributed by atoms with van der Waals surface area (Å²) >= 11 is 0. The van der Waals surface area contributed by atoms with Crippen LogP contribution in [0.3, 0.4) is 0 Å². The van der Waals surface area contributed by atoms with Crippen LogP contribution in [0.4, 0.5) is 0 Å². The van der Waals surface area contributed by atoms with E-state index in [1.807, 2.05) is 19.1 Å². The fourth-order valence-corrected chi connectivity index (χ4v) is 2.79. The number of hydrogen-bond donors (Lipinski definition) is 1. The lowest BCUT2D eigenvalue weighted by Crippen LogP contribution is -2.18. The van der Waals surface area contributed by atoms with Gasteiger partial charge in [-0.15, -0.1) is 0 Å². The predicted molar refractivity (Wildman–Crippen MR) is 65.7 cm³/mol. The van der Waals surface area contributed by atoms with Crippen LogP contribution in [0.25, 0.3) is 0 Å². The minimum atomic E-state index is -0.913. The fraction of sp³-hybridized carbons (Fsp3) is 0.545. The Labute approximate surface area is 98.7 Å². The summed E-state index contributed by atoms with van der Waals surface area (Å²) < 4.78 is 16.9. The number of hydrogen-bond acceptors (Lipinski definition) is 4. The molecule has 2 unspecified atom stereocenters. The number of methoxy groups -OCH3 is 1. The van der Waals surface area contributed by atoms with Crippen molar-refractivity contribution < 1.29 is 8.95 Å². The van der Waals surface area contributed by atoms with E-state index in [1.54, 1.807) is 13.3 Å². The molecule has 0 fully saturated rings. The van der Waals surface area contributed by atoms with Crippen molar-refractivity contribution in [2.24, 2.45) is 11.7 Å². The van der Waals surface area contributed by atoms with Crippen molar-refractivity contribution in [1.82, 2.24) is 4.98 Å². The predicted octanol–water partition coefficient (Wildman–Crippen LogP) is 0.934. The zero-order valence-corrected chi connectivity index (χ0v) is 10.5. The summed E-state index contributed by atoms with van der Waals surface area (Å²) in [6.07, 6.45) is 1.66. The Morgan fingerprint density at radius 1 is 1.62 bits per heavy atom. The molecule has 90 valence electrons. The maximum absolute atomic E-state index is 11.8. The van der Waals surface area contributed by atoms with Gasteiger partial charge in [0.15, 0.2) is 0 Å². The van der Waals surface area contributed by atoms with E-state index < -0.39 is 10.8 Å². The smallest absolute Gasteiger partial charge is 0.217 e. The third kappa shape index (κ3) is 3.90. The molecule has 0 aliphatic heterocycles. The molecule has 0 saturated heterocycles. The van der Waals surface area contributed by atoms with Crippen LogP contribution in [-0.2, 0) is 16.6 Å². The van der Waals surface area contributed by atoms with Gasteiger partial charge < -0.3 is 10.5 Å². The molecule has 0 spiro atoms. The first-order chi connectivity index (χ1) is 7.67. The summed E-state index contributed by atoms with van der Waals surface area (Å²) in [6, 6.07) is 3.71. The van der Waals surface area contributed by atoms with Gasteiger partial charge in [0.2, 0.25) is 5.88 Å². The van der Waals surface area contributed by atoms with Crippen molar-refractivity contribution in [3.05, 3.63) is 23.9 Å². The number of nitrogens with zero attached hydrogens (tertiary/aromatic N) is 1. The lowest BCUT2D eigenvalue weighted by atomic mass is 10.2. The molecule has 5 heteroatoms. The van der Waals surface area contributed by atoms with Crippen LogP contribution in [0.5, 0.6) is 5.88 Å². The van der Waals surface area contributed by atoms with E-state index in [0.29, 0.717) is 23.9 Å². The Hall–Kier alpha value is -0.940. The van der Waals surface area contributed by atoms with Gasteiger partial charge in [-0.3, -0.25) is 4.21 Å². The van der Waals surface area contributed by atoms with Crippen molar-refractivity contribution >= 4 is 10.8 Å². The summed E-state index contributed by atoms with van der Waals surface area (Å²) in [7, 11) is 0.654. The standard InChI is InChI=1S/C11H18N2O2S/c1-9(6-12)7-16(14)8-10-4-3-5-13-11(10)15-2/h3-5,9H,6-8,12H2,1-2H3. The van der Waals surface area contributed by atoms with Gasteiger partial charge in [0.25, 0.3) is 0 Å². The molecule has 1 rings (SSSR count). The van der Waals surface area contributed by atoms with Crippen LogP contribution >= 0.6 is 0 Å². The molecule has 1 aromatic heterocycles. The Morgan fingerprint density at radius 2 is 2.38 bits per heavy atom. The van der Waals surface area contributed by atoms with Gasteiger partial charge in [-0.1, -0.05) is 13.0 Å². The average Bonchev–Trinajstić information content (AvgIpc) is 2.29. The van der Waals surface area contributed by atoms with Gasteiger partial charge in [0, 0.05) is 28.3 Å². The van der Waals surface area contributed by atoms with Crippen LogP contribution in [0, 0.1) is 5.92 Å². The van der Waals surface area contributed by atoms with Crippen molar-refractivity contribution in [1.29, 1.82) is 0 Å². The highest BCUT2D eigenvalue weighted by Gasteiger charge is 2.10. The molecular formula is C11H18N2O2S. The van der Waals surface area contributed by atoms with Crippen molar-refractivity contribution in [3.63, 3.8) is 0 Å². The first-order valence-corrected chi connectivity index (χ1v) is 6.69. The third-order valence-corrected chi connectivity index (χ3v) is 3.81. The van der Waals surface area contributed by atoms with Crippen LogP contribution in [0.2, 0.25) is 0 Å². The van der Waals surface area contributed by atoms with Gasteiger partial charge in [0.1, 0.15) is 0 Å².